The van der Waals surface area contributed by atoms with Gasteiger partial charge in [0, 0.05) is 38.2 Å². The molecule has 226 valence electrons. The van der Waals surface area contributed by atoms with Crippen LogP contribution >= 0.6 is 0 Å². The number of aromatic nitrogens is 4. The lowest BCUT2D eigenvalue weighted by molar-refractivity contribution is 0.129. The standard InChI is InChI=1S/C32H44N4O4SSi/c1-22(2)42(23(3)4,24(5)6)40-19-11-14-29-35-30(27-16-15-25-12-9-10-13-26(25)20-27)31(36(29)21-39-7)28-17-18-33-32(34-28)41(8,37)38/h9-10,12-13,15-18,20,22-24H,11,14,19,21H2,1-8H3. The summed E-state index contributed by atoms with van der Waals surface area (Å²) < 4.78 is 39.2. The summed E-state index contributed by atoms with van der Waals surface area (Å²) in [6.07, 6.45) is 4.07. The van der Waals surface area contributed by atoms with E-state index in [-0.39, 0.29) is 11.9 Å². The molecule has 0 N–H and O–H groups in total. The van der Waals surface area contributed by atoms with Crippen molar-refractivity contribution in [3.63, 3.8) is 0 Å². The maximum Gasteiger partial charge on any atom is 0.247 e. The van der Waals surface area contributed by atoms with Crippen molar-refractivity contribution >= 4 is 28.9 Å². The van der Waals surface area contributed by atoms with Crippen LogP contribution in [0.25, 0.3) is 33.4 Å². The van der Waals surface area contributed by atoms with E-state index in [9.17, 15) is 8.42 Å². The Kier molecular flexibility index (Phi) is 10.0. The molecule has 2 aromatic carbocycles. The molecular weight excluding hydrogens is 565 g/mol. The van der Waals surface area contributed by atoms with Crippen LogP contribution in [0.2, 0.25) is 16.6 Å². The van der Waals surface area contributed by atoms with E-state index in [1.807, 2.05) is 22.8 Å². The van der Waals surface area contributed by atoms with Gasteiger partial charge in [-0.1, -0.05) is 77.9 Å². The van der Waals surface area contributed by atoms with Crippen molar-refractivity contribution in [1.82, 2.24) is 19.5 Å². The Hall–Kier alpha value is -2.92. The van der Waals surface area contributed by atoms with E-state index in [1.54, 1.807) is 13.2 Å². The average molecular weight is 609 g/mol. The first kappa shape index (κ1) is 32.0. The molecule has 0 saturated carbocycles. The minimum atomic E-state index is -3.61. The highest BCUT2D eigenvalue weighted by molar-refractivity contribution is 7.90. The number of fused-ring (bicyclic) bond motifs is 1. The van der Waals surface area contributed by atoms with Gasteiger partial charge in [-0.05, 0) is 45.9 Å². The van der Waals surface area contributed by atoms with Gasteiger partial charge in [-0.25, -0.2) is 23.4 Å². The van der Waals surface area contributed by atoms with Crippen molar-refractivity contribution in [3.05, 3.63) is 60.6 Å². The topological polar surface area (TPSA) is 96.2 Å². The van der Waals surface area contributed by atoms with E-state index < -0.39 is 18.2 Å². The number of benzene rings is 2. The molecule has 0 aliphatic rings. The van der Waals surface area contributed by atoms with Crippen LogP contribution in [0.1, 0.15) is 53.8 Å². The lowest BCUT2D eigenvalue weighted by atomic mass is 10.0. The van der Waals surface area contributed by atoms with E-state index in [1.165, 1.54) is 6.20 Å². The van der Waals surface area contributed by atoms with Crippen LogP contribution in [0.15, 0.2) is 59.9 Å². The second-order valence-corrected chi connectivity index (χ2v) is 19.3. The molecule has 2 heterocycles. The van der Waals surface area contributed by atoms with Gasteiger partial charge in [-0.15, -0.1) is 0 Å². The molecule has 8 nitrogen and oxygen atoms in total. The van der Waals surface area contributed by atoms with Gasteiger partial charge >= 0.3 is 0 Å². The van der Waals surface area contributed by atoms with Crippen LogP contribution in [0.4, 0.5) is 0 Å². The van der Waals surface area contributed by atoms with Crippen molar-refractivity contribution in [2.75, 3.05) is 20.0 Å². The minimum absolute atomic E-state index is 0.220. The SMILES string of the molecule is COCn1c(CCCO[Si](C(C)C)(C(C)C)C(C)C)nc(-c2ccc3ccccc3c2)c1-c1ccnc(S(C)(=O)=O)n1. The first-order valence-corrected chi connectivity index (χ1v) is 18.7. The summed E-state index contributed by atoms with van der Waals surface area (Å²) in [5, 5.41) is 2.00. The van der Waals surface area contributed by atoms with Gasteiger partial charge in [-0.2, -0.15) is 0 Å². The van der Waals surface area contributed by atoms with Gasteiger partial charge in [0.15, 0.2) is 8.32 Å². The Morgan fingerprint density at radius 1 is 0.905 bits per heavy atom. The predicted molar refractivity (Wildman–Crippen MR) is 172 cm³/mol. The number of sulfone groups is 1. The molecule has 4 rings (SSSR count). The van der Waals surface area contributed by atoms with Crippen LogP contribution in [0, 0.1) is 0 Å². The molecule has 4 aromatic rings. The smallest absolute Gasteiger partial charge is 0.247 e. The average Bonchev–Trinajstić information content (AvgIpc) is 3.30. The van der Waals surface area contributed by atoms with Crippen molar-refractivity contribution in [3.8, 4) is 22.6 Å². The highest BCUT2D eigenvalue weighted by Crippen LogP contribution is 2.42. The second kappa shape index (κ2) is 13.2. The van der Waals surface area contributed by atoms with E-state index in [2.05, 4.69) is 75.8 Å². The van der Waals surface area contributed by atoms with Crippen molar-refractivity contribution in [2.45, 2.75) is 82.9 Å². The summed E-state index contributed by atoms with van der Waals surface area (Å²) >= 11 is 0. The summed E-state index contributed by atoms with van der Waals surface area (Å²) in [4.78, 5) is 13.6. The highest BCUT2D eigenvalue weighted by Gasteiger charge is 2.44. The molecule has 0 saturated heterocycles. The van der Waals surface area contributed by atoms with Gasteiger partial charge in [0.2, 0.25) is 15.0 Å². The number of methoxy groups -OCH3 is 1. The number of hydrogen-bond donors (Lipinski definition) is 0. The molecule has 0 amide bonds. The van der Waals surface area contributed by atoms with Crippen LogP contribution in [-0.4, -0.2) is 56.2 Å². The summed E-state index contributed by atoms with van der Waals surface area (Å²) in [7, 11) is -3.95. The van der Waals surface area contributed by atoms with E-state index in [0.29, 0.717) is 41.0 Å². The van der Waals surface area contributed by atoms with Gasteiger partial charge in [0.05, 0.1) is 17.1 Å². The maximum atomic E-state index is 12.3. The summed E-state index contributed by atoms with van der Waals surface area (Å²) in [5.74, 6) is 0.837. The molecule has 10 heteroatoms. The Balaban J connectivity index is 1.78. The largest absolute Gasteiger partial charge is 0.416 e. The first-order valence-electron chi connectivity index (χ1n) is 14.6. The number of rotatable bonds is 13. The van der Waals surface area contributed by atoms with E-state index in [4.69, 9.17) is 14.1 Å². The molecular formula is C32H44N4O4SSi. The number of hydrogen-bond acceptors (Lipinski definition) is 7. The number of ether oxygens (including phenoxy) is 1. The zero-order chi connectivity index (χ0) is 30.7. The molecule has 0 aliphatic heterocycles. The van der Waals surface area contributed by atoms with Gasteiger partial charge < -0.3 is 13.7 Å². The van der Waals surface area contributed by atoms with Crippen molar-refractivity contribution < 1.29 is 17.6 Å². The van der Waals surface area contributed by atoms with Gasteiger partial charge in [-0.3, -0.25) is 0 Å². The van der Waals surface area contributed by atoms with Gasteiger partial charge in [0.1, 0.15) is 12.6 Å². The molecule has 42 heavy (non-hydrogen) atoms. The number of nitrogens with zero attached hydrogens (tertiary/aromatic N) is 4. The van der Waals surface area contributed by atoms with Crippen molar-refractivity contribution in [2.24, 2.45) is 0 Å². The Bertz CT molecular complexity index is 1610. The maximum absolute atomic E-state index is 12.3. The van der Waals surface area contributed by atoms with Crippen LogP contribution in [0.5, 0.6) is 0 Å². The normalized spacial score (nSPS) is 12.7. The number of aryl methyl sites for hydroxylation is 1. The molecule has 0 spiro atoms. The molecule has 0 bridgehead atoms. The third-order valence-electron chi connectivity index (χ3n) is 8.14. The molecule has 0 aliphatic carbocycles. The fourth-order valence-corrected chi connectivity index (χ4v) is 12.4. The Morgan fingerprint density at radius 2 is 1.57 bits per heavy atom. The first-order chi connectivity index (χ1) is 19.9. The van der Waals surface area contributed by atoms with Crippen LogP contribution < -0.4 is 0 Å². The van der Waals surface area contributed by atoms with Crippen LogP contribution in [-0.2, 0) is 32.2 Å². The molecule has 0 fully saturated rings. The fraction of sp³-hybridized carbons (Fsp3) is 0.469. The zero-order valence-corrected chi connectivity index (χ0v) is 27.9. The minimum Gasteiger partial charge on any atom is -0.416 e. The van der Waals surface area contributed by atoms with E-state index >= 15 is 0 Å². The summed E-state index contributed by atoms with van der Waals surface area (Å²) in [6.45, 7) is 14.7. The lowest BCUT2D eigenvalue weighted by Gasteiger charge is -2.42. The van der Waals surface area contributed by atoms with Crippen LogP contribution in [0.3, 0.4) is 0 Å². The van der Waals surface area contributed by atoms with Crippen molar-refractivity contribution in [1.29, 1.82) is 0 Å². The fourth-order valence-electron chi connectivity index (χ4n) is 6.39. The van der Waals surface area contributed by atoms with E-state index in [0.717, 1.165) is 40.5 Å². The quantitative estimate of drug-likeness (QED) is 0.0893. The molecule has 0 radical (unpaired) electrons. The van der Waals surface area contributed by atoms with Gasteiger partial charge in [0.25, 0.3) is 0 Å². The molecule has 0 atom stereocenters. The number of imidazole rings is 1. The molecule has 2 aromatic heterocycles. The summed E-state index contributed by atoms with van der Waals surface area (Å²) in [6, 6.07) is 16.1. The third-order valence-corrected chi connectivity index (χ3v) is 15.1. The predicted octanol–water partition coefficient (Wildman–Crippen LogP) is 7.29. The highest BCUT2D eigenvalue weighted by atomic mass is 32.2. The lowest BCUT2D eigenvalue weighted by Crippen LogP contribution is -2.48. The Labute approximate surface area is 251 Å². The third kappa shape index (κ3) is 6.51. The Morgan fingerprint density at radius 3 is 2.19 bits per heavy atom. The zero-order valence-electron chi connectivity index (χ0n) is 26.1. The monoisotopic (exact) mass is 608 g/mol. The second-order valence-electron chi connectivity index (χ2n) is 11.9. The summed E-state index contributed by atoms with van der Waals surface area (Å²) in [5.41, 5.74) is 4.36. The molecule has 0 unspecified atom stereocenters.